The van der Waals surface area contributed by atoms with Crippen molar-refractivity contribution in [3.63, 3.8) is 0 Å². The Kier molecular flexibility index (Phi) is 7.76. The van der Waals surface area contributed by atoms with Gasteiger partial charge < -0.3 is 0 Å². The Hall–Kier alpha value is -6.96. The first kappa shape index (κ1) is 36.7. The molecule has 58 heavy (non-hydrogen) atoms. The number of fused-ring (bicyclic) bond motifs is 8. The summed E-state index contributed by atoms with van der Waals surface area (Å²) < 4.78 is 68.3. The molecule has 0 radical (unpaired) electrons. The standard InChI is InChI=1S/C46H22F4N4O2S2/c1-45(2)33-31(43-35(45)37(47)27(57-43)13-25-29(19(15-51)16-52)21-9-5-7-11-23(21)41(25)55)40(50)34-32(39(33)49)44-36(46(34,3)4)38(48)28(58-44)14-26-30(20(17-53)18-54)22-10-6-8-12-24(22)42(26)56/h5-14H,1-4H3/b25-13-,26-14-. The molecule has 0 amide bonds. The number of hydrogen-bond acceptors (Lipinski definition) is 8. The van der Waals surface area contributed by atoms with Gasteiger partial charge in [-0.05, 0) is 23.3 Å². The average molecular weight is 803 g/mol. The largest absolute Gasteiger partial charge is 0.289 e. The van der Waals surface area contributed by atoms with Gasteiger partial charge in [-0.15, -0.1) is 22.7 Å². The molecular weight excluding hydrogens is 781 g/mol. The third-order valence-electron chi connectivity index (χ3n) is 11.5. The Balaban J connectivity index is 1.22. The van der Waals surface area contributed by atoms with E-state index in [9.17, 15) is 30.6 Å². The van der Waals surface area contributed by atoms with Crippen molar-refractivity contribution in [1.29, 1.82) is 21.0 Å². The smallest absolute Gasteiger partial charge is 0.194 e. The first-order valence-electron chi connectivity index (χ1n) is 17.7. The van der Waals surface area contributed by atoms with Gasteiger partial charge in [0, 0.05) is 87.4 Å². The molecular formula is C46H22F4N4O2S2. The highest BCUT2D eigenvalue weighted by Gasteiger charge is 2.52. The highest BCUT2D eigenvalue weighted by Crippen LogP contribution is 2.63. The molecule has 278 valence electrons. The molecule has 4 aliphatic carbocycles. The third-order valence-corrected chi connectivity index (χ3v) is 13.7. The van der Waals surface area contributed by atoms with E-state index in [-0.39, 0.29) is 97.5 Å². The van der Waals surface area contributed by atoms with Gasteiger partial charge in [-0.1, -0.05) is 76.2 Å². The fourth-order valence-electron chi connectivity index (χ4n) is 9.01. The number of ketones is 2. The van der Waals surface area contributed by atoms with Crippen LogP contribution in [-0.4, -0.2) is 11.6 Å². The van der Waals surface area contributed by atoms with Gasteiger partial charge in [0.1, 0.15) is 58.7 Å². The number of rotatable bonds is 2. The van der Waals surface area contributed by atoms with Crippen LogP contribution < -0.4 is 0 Å². The van der Waals surface area contributed by atoms with Gasteiger partial charge in [-0.25, -0.2) is 17.6 Å². The lowest BCUT2D eigenvalue weighted by Crippen LogP contribution is -2.22. The van der Waals surface area contributed by atoms with Gasteiger partial charge in [0.15, 0.2) is 11.6 Å². The minimum atomic E-state index is -1.46. The van der Waals surface area contributed by atoms with Crippen molar-refractivity contribution >= 4 is 57.5 Å². The van der Waals surface area contributed by atoms with Crippen molar-refractivity contribution in [1.82, 2.24) is 0 Å². The van der Waals surface area contributed by atoms with Crippen molar-refractivity contribution < 1.29 is 27.2 Å². The molecule has 0 unspecified atom stereocenters. The van der Waals surface area contributed by atoms with Gasteiger partial charge in [0.2, 0.25) is 0 Å². The van der Waals surface area contributed by atoms with E-state index in [1.807, 2.05) is 24.3 Å². The summed E-state index contributed by atoms with van der Waals surface area (Å²) in [6.45, 7) is 6.21. The number of carbonyl (C=O) groups is 2. The van der Waals surface area contributed by atoms with Crippen LogP contribution in [0.1, 0.15) is 91.5 Å². The van der Waals surface area contributed by atoms with Crippen LogP contribution in [0.2, 0.25) is 0 Å². The highest BCUT2D eigenvalue weighted by atomic mass is 32.1. The first-order valence-corrected chi connectivity index (χ1v) is 19.3. The third kappa shape index (κ3) is 4.47. The average Bonchev–Trinajstić information content (AvgIpc) is 3.98. The van der Waals surface area contributed by atoms with E-state index in [1.54, 1.807) is 64.1 Å². The molecule has 0 aliphatic heterocycles. The highest BCUT2D eigenvalue weighted by molar-refractivity contribution is 7.17. The summed E-state index contributed by atoms with van der Waals surface area (Å²) in [6.07, 6.45) is 2.50. The Labute approximate surface area is 336 Å². The Bertz CT molecular complexity index is 2950. The maximum Gasteiger partial charge on any atom is 0.194 e. The minimum Gasteiger partial charge on any atom is -0.289 e. The zero-order valence-electron chi connectivity index (χ0n) is 30.7. The lowest BCUT2D eigenvalue weighted by Gasteiger charge is -2.26. The number of carbonyl (C=O) groups excluding carboxylic acids is 2. The Morgan fingerprint density at radius 2 is 0.862 bits per heavy atom. The molecule has 6 nitrogen and oxygen atoms in total. The van der Waals surface area contributed by atoms with Crippen molar-refractivity contribution in [2.75, 3.05) is 0 Å². The minimum absolute atomic E-state index is 0.000309. The second-order valence-electron chi connectivity index (χ2n) is 15.2. The van der Waals surface area contributed by atoms with Gasteiger partial charge in [0.25, 0.3) is 0 Å². The van der Waals surface area contributed by atoms with Gasteiger partial charge in [-0.3, -0.25) is 9.59 Å². The predicted octanol–water partition coefficient (Wildman–Crippen LogP) is 11.1. The van der Waals surface area contributed by atoms with E-state index >= 15 is 17.6 Å². The fourth-order valence-corrected chi connectivity index (χ4v) is 11.7. The molecule has 4 aliphatic rings. The van der Waals surface area contributed by atoms with Crippen LogP contribution in [0.5, 0.6) is 0 Å². The number of nitrogens with zero attached hydrogens (tertiary/aromatic N) is 4. The van der Waals surface area contributed by atoms with Crippen molar-refractivity contribution in [2.45, 2.75) is 38.5 Å². The molecule has 2 aromatic heterocycles. The predicted molar refractivity (Wildman–Crippen MR) is 211 cm³/mol. The number of benzene rings is 3. The topological polar surface area (TPSA) is 129 Å². The quantitative estimate of drug-likeness (QED) is 0.0992. The number of nitriles is 4. The van der Waals surface area contributed by atoms with Crippen molar-refractivity contribution in [3.8, 4) is 45.2 Å². The summed E-state index contributed by atoms with van der Waals surface area (Å²) in [6, 6.07) is 20.1. The fraction of sp³-hybridized carbons (Fsp3) is 0.130. The van der Waals surface area contributed by atoms with Crippen LogP contribution >= 0.6 is 22.7 Å². The van der Waals surface area contributed by atoms with Gasteiger partial charge in [-0.2, -0.15) is 21.0 Å². The molecule has 0 spiro atoms. The molecule has 3 aromatic carbocycles. The molecule has 0 saturated carbocycles. The number of halogens is 4. The zero-order valence-corrected chi connectivity index (χ0v) is 32.3. The van der Waals surface area contributed by atoms with Gasteiger partial charge >= 0.3 is 0 Å². The van der Waals surface area contributed by atoms with Crippen LogP contribution in [0.3, 0.4) is 0 Å². The molecule has 0 atom stereocenters. The van der Waals surface area contributed by atoms with Gasteiger partial charge in [0.05, 0.1) is 9.75 Å². The molecule has 0 fully saturated rings. The summed E-state index contributed by atoms with van der Waals surface area (Å²) in [5.41, 5.74) is -3.07. The number of allylic oxidation sites excluding steroid dienone is 6. The summed E-state index contributed by atoms with van der Waals surface area (Å²) in [5.74, 6) is -4.39. The summed E-state index contributed by atoms with van der Waals surface area (Å²) in [4.78, 5) is 27.2. The van der Waals surface area contributed by atoms with E-state index in [0.717, 1.165) is 22.7 Å². The SMILES string of the molecule is CC1(C)c2c(sc(/C=C3\C(=O)c4ccccc4C3=C(C#N)C#N)c2F)-c2c(F)c3c(c(F)c21)-c1sc(/C=C2\C(=O)c4ccccc4C2=C(C#N)C#N)c(F)c1C3(C)C. The van der Waals surface area contributed by atoms with Crippen LogP contribution in [0.25, 0.3) is 44.2 Å². The van der Waals surface area contributed by atoms with Crippen LogP contribution in [-0.2, 0) is 10.8 Å². The molecule has 12 heteroatoms. The molecule has 2 heterocycles. The van der Waals surface area contributed by atoms with E-state index in [4.69, 9.17) is 0 Å². The van der Waals surface area contributed by atoms with Crippen molar-refractivity contribution in [3.05, 3.63) is 148 Å². The second kappa shape index (κ2) is 12.3. The number of Topliss-reactive ketones (excluding diaryl/α,β-unsaturated/α-hetero) is 2. The molecule has 9 rings (SSSR count). The zero-order chi connectivity index (χ0) is 41.3. The lowest BCUT2D eigenvalue weighted by molar-refractivity contribution is 0.103. The number of hydrogen-bond donors (Lipinski definition) is 0. The van der Waals surface area contributed by atoms with Crippen LogP contribution in [0.15, 0.2) is 70.8 Å². The van der Waals surface area contributed by atoms with Crippen molar-refractivity contribution in [2.24, 2.45) is 0 Å². The Morgan fingerprint density at radius 3 is 1.19 bits per heavy atom. The molecule has 0 bridgehead atoms. The summed E-state index contributed by atoms with van der Waals surface area (Å²) >= 11 is 1.62. The number of thiophene rings is 2. The Morgan fingerprint density at radius 1 is 0.534 bits per heavy atom. The summed E-state index contributed by atoms with van der Waals surface area (Å²) in [5, 5.41) is 39.0. The summed E-state index contributed by atoms with van der Waals surface area (Å²) in [7, 11) is 0. The monoisotopic (exact) mass is 802 g/mol. The second-order valence-corrected chi connectivity index (χ2v) is 17.3. The lowest BCUT2D eigenvalue weighted by atomic mass is 9.78. The molecule has 0 saturated heterocycles. The van der Waals surface area contributed by atoms with Crippen LogP contribution in [0, 0.1) is 68.6 Å². The van der Waals surface area contributed by atoms with E-state index < -0.39 is 45.7 Å². The van der Waals surface area contributed by atoms with E-state index in [1.165, 1.54) is 24.3 Å². The van der Waals surface area contributed by atoms with Crippen LogP contribution in [0.4, 0.5) is 17.6 Å². The van der Waals surface area contributed by atoms with E-state index in [2.05, 4.69) is 0 Å². The van der Waals surface area contributed by atoms with E-state index in [0.29, 0.717) is 11.1 Å². The molecule has 0 N–H and O–H groups in total. The maximum absolute atomic E-state index is 17.4. The molecule has 5 aromatic rings. The maximum atomic E-state index is 17.4. The normalized spacial score (nSPS) is 17.2. The first-order chi connectivity index (χ1) is 27.6.